The first-order valence-corrected chi connectivity index (χ1v) is 5.47. The van der Waals surface area contributed by atoms with Crippen molar-refractivity contribution < 1.29 is 9.90 Å². The van der Waals surface area contributed by atoms with Crippen LogP contribution in [-0.2, 0) is 0 Å². The van der Waals surface area contributed by atoms with Gasteiger partial charge in [-0.25, -0.2) is 9.78 Å². The second kappa shape index (κ2) is 4.40. The number of pyridine rings is 2. The van der Waals surface area contributed by atoms with E-state index in [9.17, 15) is 4.79 Å². The quantitative estimate of drug-likeness (QED) is 0.705. The highest BCUT2D eigenvalue weighted by molar-refractivity contribution is 5.90. The van der Waals surface area contributed by atoms with Crippen molar-refractivity contribution in [1.29, 1.82) is 0 Å². The fourth-order valence-electron chi connectivity index (χ4n) is 1.68. The first-order valence-electron chi connectivity index (χ1n) is 5.47. The monoisotopic (exact) mass is 266 g/mol. The molecule has 0 spiro atoms. The van der Waals surface area contributed by atoms with E-state index in [-0.39, 0.29) is 11.4 Å². The number of aromatic carboxylic acids is 1. The topological polar surface area (TPSA) is 98.2 Å². The summed E-state index contributed by atoms with van der Waals surface area (Å²) in [4.78, 5) is 22.0. The number of carbonyl (C=O) groups is 1. The molecule has 0 saturated carbocycles. The van der Waals surface area contributed by atoms with Gasteiger partial charge < -0.3 is 9.95 Å². The van der Waals surface area contributed by atoms with Crippen molar-refractivity contribution in [2.24, 2.45) is 0 Å². The van der Waals surface area contributed by atoms with E-state index in [0.717, 1.165) is 0 Å². The van der Waals surface area contributed by atoms with E-state index in [0.29, 0.717) is 16.9 Å². The summed E-state index contributed by atoms with van der Waals surface area (Å²) in [5, 5.41) is 16.7. The molecule has 0 aliphatic rings. The summed E-state index contributed by atoms with van der Waals surface area (Å²) in [5.41, 5.74) is 1.44. The normalized spacial score (nSPS) is 10.3. The zero-order valence-electron chi connectivity index (χ0n) is 9.93. The van der Waals surface area contributed by atoms with Crippen LogP contribution in [-0.4, -0.2) is 36.0 Å². The van der Waals surface area contributed by atoms with Crippen LogP contribution in [0.3, 0.4) is 0 Å². The molecular weight excluding hydrogens is 260 g/mol. The highest BCUT2D eigenvalue weighted by Gasteiger charge is 2.12. The molecule has 0 aromatic carbocycles. The first kappa shape index (κ1) is 11.7. The van der Waals surface area contributed by atoms with Gasteiger partial charge in [0.15, 0.2) is 5.65 Å². The summed E-state index contributed by atoms with van der Waals surface area (Å²) < 4.78 is 1.43. The smallest absolute Gasteiger partial charge is 0.337 e. The van der Waals surface area contributed by atoms with Crippen molar-refractivity contribution in [3.05, 3.63) is 47.6 Å². The maximum atomic E-state index is 10.9. The molecule has 0 saturated heterocycles. The van der Waals surface area contributed by atoms with Crippen molar-refractivity contribution in [2.75, 3.05) is 0 Å². The number of hydrogen-bond donors (Lipinski definition) is 1. The summed E-state index contributed by atoms with van der Waals surface area (Å²) in [7, 11) is 0. The van der Waals surface area contributed by atoms with E-state index in [1.54, 1.807) is 12.1 Å². The van der Waals surface area contributed by atoms with Crippen molar-refractivity contribution in [2.45, 2.75) is 0 Å². The zero-order valence-corrected chi connectivity index (χ0v) is 9.93. The van der Waals surface area contributed by atoms with Crippen LogP contribution < -0.4 is 0 Å². The minimum Gasteiger partial charge on any atom is -0.478 e. The lowest BCUT2D eigenvalue weighted by Crippen LogP contribution is -2.00. The average molecular weight is 266 g/mol. The predicted molar refractivity (Wildman–Crippen MR) is 67.7 cm³/mol. The van der Waals surface area contributed by atoms with Crippen molar-refractivity contribution >= 4 is 23.0 Å². The SMILES string of the molecule is [C-]#[N+]c1ccc(-n2nnc3cc(C(=O)O)cnc32)cn1. The van der Waals surface area contributed by atoms with E-state index in [1.165, 1.54) is 23.1 Å². The Bertz CT molecular complexity index is 847. The molecule has 3 aromatic heterocycles. The minimum absolute atomic E-state index is 0.0472. The van der Waals surface area contributed by atoms with Gasteiger partial charge in [-0.3, -0.25) is 0 Å². The van der Waals surface area contributed by atoms with E-state index < -0.39 is 5.97 Å². The summed E-state index contributed by atoms with van der Waals surface area (Å²) >= 11 is 0. The van der Waals surface area contributed by atoms with E-state index >= 15 is 0 Å². The molecule has 0 radical (unpaired) electrons. The second-order valence-corrected chi connectivity index (χ2v) is 3.86. The molecule has 1 N–H and O–H groups in total. The Balaban J connectivity index is 2.12. The number of aromatic nitrogens is 5. The van der Waals surface area contributed by atoms with Gasteiger partial charge in [0.2, 0.25) is 0 Å². The Kier molecular flexibility index (Phi) is 2.58. The summed E-state index contributed by atoms with van der Waals surface area (Å²) in [6, 6.07) is 4.62. The molecule has 0 aliphatic heterocycles. The standard InChI is InChI=1S/C12H6N6O2/c1-13-10-3-2-8(6-14-10)18-11-9(16-17-18)4-7(5-15-11)12(19)20/h2-6H,(H,19,20). The number of rotatable bonds is 2. The molecule has 0 atom stereocenters. The molecule has 3 aromatic rings. The third-order valence-electron chi connectivity index (χ3n) is 2.63. The largest absolute Gasteiger partial charge is 0.478 e. The highest BCUT2D eigenvalue weighted by atomic mass is 16.4. The van der Waals surface area contributed by atoms with Gasteiger partial charge in [0.25, 0.3) is 5.82 Å². The first-order chi connectivity index (χ1) is 9.69. The van der Waals surface area contributed by atoms with Gasteiger partial charge in [-0.2, -0.15) is 4.68 Å². The molecule has 8 heteroatoms. The van der Waals surface area contributed by atoms with Gasteiger partial charge in [-0.15, -0.1) is 10.1 Å². The molecular formula is C12H6N6O2. The number of hydrogen-bond acceptors (Lipinski definition) is 5. The second-order valence-electron chi connectivity index (χ2n) is 3.86. The fourth-order valence-corrected chi connectivity index (χ4v) is 1.68. The predicted octanol–water partition coefficient (Wildman–Crippen LogP) is 1.46. The van der Waals surface area contributed by atoms with Gasteiger partial charge in [-0.1, -0.05) is 11.8 Å². The van der Waals surface area contributed by atoms with Crippen molar-refractivity contribution in [1.82, 2.24) is 25.0 Å². The zero-order chi connectivity index (χ0) is 14.1. The van der Waals surface area contributed by atoms with Crippen LogP contribution in [0.5, 0.6) is 0 Å². The van der Waals surface area contributed by atoms with Crippen LogP contribution in [0.1, 0.15) is 10.4 Å². The van der Waals surface area contributed by atoms with Gasteiger partial charge in [0.1, 0.15) is 17.4 Å². The summed E-state index contributed by atoms with van der Waals surface area (Å²) in [5.74, 6) is -0.795. The van der Waals surface area contributed by atoms with Gasteiger partial charge in [0, 0.05) is 6.20 Å². The molecule has 0 unspecified atom stereocenters. The number of fused-ring (bicyclic) bond motifs is 1. The van der Waals surface area contributed by atoms with Gasteiger partial charge >= 0.3 is 5.97 Å². The van der Waals surface area contributed by atoms with Gasteiger partial charge in [0.05, 0.1) is 5.56 Å². The molecule has 0 aliphatic carbocycles. The van der Waals surface area contributed by atoms with Gasteiger partial charge in [-0.05, 0) is 18.2 Å². The lowest BCUT2D eigenvalue weighted by molar-refractivity contribution is 0.0696. The summed E-state index contributed by atoms with van der Waals surface area (Å²) in [6.07, 6.45) is 2.72. The molecule has 0 fully saturated rings. The third kappa shape index (κ3) is 1.83. The van der Waals surface area contributed by atoms with E-state index in [2.05, 4.69) is 25.1 Å². The fraction of sp³-hybridized carbons (Fsp3) is 0. The lowest BCUT2D eigenvalue weighted by Gasteiger charge is -1.99. The Labute approximate surface area is 112 Å². The van der Waals surface area contributed by atoms with Crippen molar-refractivity contribution in [3.8, 4) is 5.69 Å². The molecule has 0 bridgehead atoms. The molecule has 8 nitrogen and oxygen atoms in total. The van der Waals surface area contributed by atoms with Crippen LogP contribution in [0.15, 0.2) is 30.6 Å². The number of carboxylic acid groups (broad SMARTS) is 1. The highest BCUT2D eigenvalue weighted by Crippen LogP contribution is 2.16. The minimum atomic E-state index is -1.07. The number of nitrogens with zero attached hydrogens (tertiary/aromatic N) is 6. The van der Waals surface area contributed by atoms with Crippen LogP contribution >= 0.6 is 0 Å². The summed E-state index contributed by atoms with van der Waals surface area (Å²) in [6.45, 7) is 6.84. The Hall–Kier alpha value is -3.34. The maximum Gasteiger partial charge on any atom is 0.337 e. The van der Waals surface area contributed by atoms with Crippen LogP contribution in [0.25, 0.3) is 21.7 Å². The average Bonchev–Trinajstić information content (AvgIpc) is 2.90. The molecule has 20 heavy (non-hydrogen) atoms. The molecule has 96 valence electrons. The van der Waals surface area contributed by atoms with Crippen LogP contribution in [0.2, 0.25) is 0 Å². The molecule has 3 rings (SSSR count). The van der Waals surface area contributed by atoms with Crippen molar-refractivity contribution in [3.63, 3.8) is 0 Å². The van der Waals surface area contributed by atoms with Crippen LogP contribution in [0.4, 0.5) is 5.82 Å². The maximum absolute atomic E-state index is 10.9. The van der Waals surface area contributed by atoms with E-state index in [1.807, 2.05) is 0 Å². The Morgan fingerprint density at radius 2 is 2.15 bits per heavy atom. The Morgan fingerprint density at radius 1 is 1.30 bits per heavy atom. The third-order valence-corrected chi connectivity index (χ3v) is 2.63. The molecule has 0 amide bonds. The molecule has 3 heterocycles. The lowest BCUT2D eigenvalue weighted by atomic mass is 10.3. The van der Waals surface area contributed by atoms with Crippen LogP contribution in [0, 0.1) is 6.57 Å². The van der Waals surface area contributed by atoms with E-state index in [4.69, 9.17) is 11.7 Å². The Morgan fingerprint density at radius 3 is 2.80 bits per heavy atom. The number of carboxylic acids is 1.